The number of hydrogen-bond acceptors (Lipinski definition) is 7. The molecule has 1 unspecified atom stereocenters. The number of nitrogens with two attached hydrogens (primary N) is 1. The minimum atomic E-state index is -0.996. The first-order chi connectivity index (χ1) is 14.9. The van der Waals surface area contributed by atoms with Crippen molar-refractivity contribution >= 4 is 12.0 Å². The van der Waals surface area contributed by atoms with Gasteiger partial charge < -0.3 is 29.8 Å². The number of amides is 2. The first-order valence-electron chi connectivity index (χ1n) is 10.6. The number of carbonyl (C=O) groups excluding carboxylic acids is 2. The van der Waals surface area contributed by atoms with Crippen LogP contribution in [0.4, 0.5) is 4.79 Å². The number of ether oxygens (including phenoxy) is 4. The van der Waals surface area contributed by atoms with Crippen LogP contribution in [-0.2, 0) is 30.3 Å². The second-order valence-corrected chi connectivity index (χ2v) is 9.41. The van der Waals surface area contributed by atoms with Crippen molar-refractivity contribution in [3.05, 3.63) is 47.7 Å². The lowest BCUT2D eigenvalue weighted by atomic mass is 10.0. The third kappa shape index (κ3) is 5.23. The number of rotatable bonds is 6. The molecule has 0 radical (unpaired) electrons. The number of carbonyl (C=O) groups is 2. The molecule has 2 amide bonds. The quantitative estimate of drug-likeness (QED) is 0.507. The molecule has 0 aromatic heterocycles. The number of hydrogen-bond donors (Lipinski definition) is 2. The molecule has 9 heteroatoms. The smallest absolute Gasteiger partial charge is 0.411 e. The summed E-state index contributed by atoms with van der Waals surface area (Å²) in [6.07, 6.45) is -1.43. The van der Waals surface area contributed by atoms with Gasteiger partial charge in [-0.25, -0.2) is 4.79 Å². The van der Waals surface area contributed by atoms with E-state index < -0.39 is 47.7 Å². The third-order valence-electron chi connectivity index (χ3n) is 5.26. The second kappa shape index (κ2) is 9.09. The molecular formula is C23H32N2O7. The van der Waals surface area contributed by atoms with Gasteiger partial charge in [0.05, 0.1) is 37.1 Å². The van der Waals surface area contributed by atoms with Crippen LogP contribution in [0.3, 0.4) is 0 Å². The maximum absolute atomic E-state index is 13.2. The highest BCUT2D eigenvalue weighted by atomic mass is 16.8. The van der Waals surface area contributed by atoms with E-state index in [2.05, 4.69) is 0 Å². The number of fused-ring (bicyclic) bond motifs is 1. The van der Waals surface area contributed by atoms with Crippen molar-refractivity contribution in [3.63, 3.8) is 0 Å². The van der Waals surface area contributed by atoms with E-state index in [1.807, 2.05) is 30.3 Å². The largest absolute Gasteiger partial charge is 0.515 e. The minimum absolute atomic E-state index is 0.0999. The molecule has 2 aliphatic heterocycles. The van der Waals surface area contributed by atoms with Crippen LogP contribution >= 0.6 is 0 Å². The molecule has 2 fully saturated rings. The van der Waals surface area contributed by atoms with Crippen LogP contribution < -0.4 is 5.73 Å². The summed E-state index contributed by atoms with van der Waals surface area (Å²) in [5, 5.41) is 9.78. The summed E-state index contributed by atoms with van der Waals surface area (Å²) in [6.45, 7) is 9.14. The third-order valence-corrected chi connectivity index (χ3v) is 5.26. The highest BCUT2D eigenvalue weighted by Crippen LogP contribution is 2.43. The van der Waals surface area contributed by atoms with Crippen molar-refractivity contribution in [3.8, 4) is 0 Å². The maximum Gasteiger partial charge on any atom is 0.411 e. The van der Waals surface area contributed by atoms with E-state index >= 15 is 0 Å². The molecule has 32 heavy (non-hydrogen) atoms. The molecule has 0 aliphatic carbocycles. The SMILES string of the molecule is CC(C)(C)OC(=O)N1C(/C(=C/O)C(N)=O)[C@@H]2OC(C)(C)O[C@@H]2[C@H]1COCc1ccccc1. The van der Waals surface area contributed by atoms with Crippen LogP contribution in [-0.4, -0.2) is 64.3 Å². The fourth-order valence-corrected chi connectivity index (χ4v) is 4.10. The van der Waals surface area contributed by atoms with E-state index in [-0.39, 0.29) is 12.2 Å². The summed E-state index contributed by atoms with van der Waals surface area (Å²) in [7, 11) is 0. The van der Waals surface area contributed by atoms with Crippen LogP contribution in [0.25, 0.3) is 0 Å². The zero-order chi connectivity index (χ0) is 23.7. The monoisotopic (exact) mass is 448 g/mol. The Bertz CT molecular complexity index is 863. The number of primary amides is 1. The molecule has 3 rings (SSSR count). The Morgan fingerprint density at radius 2 is 1.81 bits per heavy atom. The standard InChI is InChI=1S/C23H32N2O7/c1-22(2,3)32-21(28)25-16(13-29-12-14-9-7-6-8-10-14)18-19(31-23(4,5)30-18)17(25)15(11-26)20(24)27/h6-11,16-19,26H,12-13H2,1-5H3,(H2,24,27)/b15-11-/t16-,17?,18-,19+/m1/s1. The van der Waals surface area contributed by atoms with Gasteiger partial charge in [0.1, 0.15) is 17.8 Å². The van der Waals surface area contributed by atoms with Gasteiger partial charge in [0, 0.05) is 0 Å². The normalized spacial score (nSPS) is 27.3. The molecule has 176 valence electrons. The topological polar surface area (TPSA) is 121 Å². The van der Waals surface area contributed by atoms with Crippen molar-refractivity contribution in [2.45, 2.75) is 76.9 Å². The summed E-state index contributed by atoms with van der Waals surface area (Å²) in [6, 6.07) is 7.97. The lowest BCUT2D eigenvalue weighted by Crippen LogP contribution is -2.51. The van der Waals surface area contributed by atoms with Crippen molar-refractivity contribution in [2.24, 2.45) is 5.73 Å². The minimum Gasteiger partial charge on any atom is -0.515 e. The number of benzene rings is 1. The van der Waals surface area contributed by atoms with Crippen molar-refractivity contribution in [2.75, 3.05) is 6.61 Å². The van der Waals surface area contributed by atoms with Crippen molar-refractivity contribution < 1.29 is 33.6 Å². The summed E-state index contributed by atoms with van der Waals surface area (Å²) in [5.41, 5.74) is 5.53. The lowest BCUT2D eigenvalue weighted by molar-refractivity contribution is -0.168. The Hall–Kier alpha value is -2.62. The van der Waals surface area contributed by atoms with Gasteiger partial charge in [-0.15, -0.1) is 0 Å². The van der Waals surface area contributed by atoms with Crippen LogP contribution in [0.15, 0.2) is 42.2 Å². The van der Waals surface area contributed by atoms with E-state index in [0.29, 0.717) is 12.9 Å². The Morgan fingerprint density at radius 3 is 2.38 bits per heavy atom. The Kier molecular flexibility index (Phi) is 6.83. The first-order valence-corrected chi connectivity index (χ1v) is 10.6. The molecule has 1 aromatic carbocycles. The van der Waals surface area contributed by atoms with Crippen LogP contribution in [0.1, 0.15) is 40.2 Å². The number of aliphatic hydroxyl groups is 1. The number of likely N-dealkylation sites (tertiary alicyclic amines) is 1. The van der Waals surface area contributed by atoms with Crippen LogP contribution in [0, 0.1) is 0 Å². The van der Waals surface area contributed by atoms with Gasteiger partial charge in [0.15, 0.2) is 5.79 Å². The molecule has 2 saturated heterocycles. The van der Waals surface area contributed by atoms with Gasteiger partial charge >= 0.3 is 6.09 Å². The Morgan fingerprint density at radius 1 is 1.19 bits per heavy atom. The summed E-state index contributed by atoms with van der Waals surface area (Å²) in [5.74, 6) is -1.83. The van der Waals surface area contributed by atoms with E-state index in [1.165, 1.54) is 4.90 Å². The Balaban J connectivity index is 1.93. The zero-order valence-electron chi connectivity index (χ0n) is 19.1. The highest BCUT2D eigenvalue weighted by Gasteiger charge is 2.61. The molecule has 4 atom stereocenters. The van der Waals surface area contributed by atoms with E-state index in [9.17, 15) is 14.7 Å². The van der Waals surface area contributed by atoms with Crippen molar-refractivity contribution in [1.29, 1.82) is 0 Å². The molecule has 9 nitrogen and oxygen atoms in total. The van der Waals surface area contributed by atoms with Gasteiger partial charge in [0.25, 0.3) is 0 Å². The molecule has 0 saturated carbocycles. The van der Waals surface area contributed by atoms with E-state index in [4.69, 9.17) is 24.7 Å². The molecule has 1 aromatic rings. The predicted octanol–water partition coefficient (Wildman–Crippen LogP) is 2.64. The van der Waals surface area contributed by atoms with Gasteiger partial charge in [-0.2, -0.15) is 0 Å². The zero-order valence-corrected chi connectivity index (χ0v) is 19.1. The van der Waals surface area contributed by atoms with Gasteiger partial charge in [-0.05, 0) is 40.2 Å². The second-order valence-electron chi connectivity index (χ2n) is 9.41. The Labute approximate surface area is 188 Å². The first kappa shape index (κ1) is 24.0. The molecular weight excluding hydrogens is 416 g/mol. The molecule has 0 bridgehead atoms. The van der Waals surface area contributed by atoms with Crippen LogP contribution in [0.5, 0.6) is 0 Å². The van der Waals surface area contributed by atoms with Crippen LogP contribution in [0.2, 0.25) is 0 Å². The predicted molar refractivity (Wildman–Crippen MR) is 115 cm³/mol. The van der Waals surface area contributed by atoms with Gasteiger partial charge in [-0.1, -0.05) is 30.3 Å². The fourth-order valence-electron chi connectivity index (χ4n) is 4.10. The summed E-state index contributed by atoms with van der Waals surface area (Å²) >= 11 is 0. The van der Waals surface area contributed by atoms with E-state index in [1.54, 1.807) is 34.6 Å². The summed E-state index contributed by atoms with van der Waals surface area (Å²) < 4.78 is 23.7. The molecule has 2 heterocycles. The average molecular weight is 449 g/mol. The number of nitrogens with zero attached hydrogens (tertiary/aromatic N) is 1. The lowest BCUT2D eigenvalue weighted by Gasteiger charge is -2.35. The fraction of sp³-hybridized carbons (Fsp3) is 0.565. The van der Waals surface area contributed by atoms with Gasteiger partial charge in [-0.3, -0.25) is 9.69 Å². The average Bonchev–Trinajstić information content (AvgIpc) is 3.13. The molecule has 3 N–H and O–H groups in total. The van der Waals surface area contributed by atoms with Crippen molar-refractivity contribution in [1.82, 2.24) is 4.90 Å². The molecule has 2 aliphatic rings. The molecule has 0 spiro atoms. The number of aliphatic hydroxyl groups excluding tert-OH is 1. The summed E-state index contributed by atoms with van der Waals surface area (Å²) in [4.78, 5) is 26.7. The van der Waals surface area contributed by atoms with E-state index in [0.717, 1.165) is 5.56 Å². The maximum atomic E-state index is 13.2. The van der Waals surface area contributed by atoms with Gasteiger partial charge in [0.2, 0.25) is 5.91 Å². The highest BCUT2D eigenvalue weighted by molar-refractivity contribution is 5.94.